The van der Waals surface area contributed by atoms with Gasteiger partial charge in [-0.15, -0.1) is 0 Å². The Hall–Kier alpha value is -2.60. The second kappa shape index (κ2) is 8.07. The van der Waals surface area contributed by atoms with Crippen molar-refractivity contribution >= 4 is 6.09 Å². The van der Waals surface area contributed by atoms with Gasteiger partial charge in [0.2, 0.25) is 0 Å². The molecule has 0 aliphatic carbocycles. The normalized spacial score (nSPS) is 27.9. The van der Waals surface area contributed by atoms with Gasteiger partial charge < -0.3 is 14.8 Å². The maximum Gasteiger partial charge on any atom is 0.407 e. The summed E-state index contributed by atoms with van der Waals surface area (Å²) < 4.78 is 26.4. The molecule has 5 nitrogen and oxygen atoms in total. The summed E-state index contributed by atoms with van der Waals surface area (Å²) in [5.74, 6) is 0.888. The first-order valence-electron chi connectivity index (χ1n) is 11.5. The average molecular weight is 439 g/mol. The lowest BCUT2D eigenvalue weighted by Gasteiger charge is -2.44. The number of hydrogen-bond acceptors (Lipinski definition) is 4. The summed E-state index contributed by atoms with van der Waals surface area (Å²) in [6, 6.07) is 10.7. The second-order valence-electron chi connectivity index (χ2n) is 10.2. The highest BCUT2D eigenvalue weighted by Crippen LogP contribution is 2.44. The molecule has 6 rings (SSSR count). The molecule has 0 spiro atoms. The average Bonchev–Trinajstić information content (AvgIpc) is 2.76. The van der Waals surface area contributed by atoms with Crippen LogP contribution in [0.4, 0.5) is 9.18 Å². The summed E-state index contributed by atoms with van der Waals surface area (Å²) in [6.45, 7) is 9.51. The van der Waals surface area contributed by atoms with Crippen molar-refractivity contribution in [1.82, 2.24) is 10.2 Å². The standard InChI is InChI=1S/C26H31FN2O3/c1-16-4-6-19(21(27)12-16)18-5-7-20-22(13-18)31-15-26(2,3)24(20)28-25(30)32-23-14-29-10-8-17(23)9-11-29/h4-7,12-13,17,23-24H,8-11,14-15H2,1-3H3,(H,28,30)/t23-,24?/m0/s1. The number of amides is 1. The number of halogens is 1. The predicted octanol–water partition coefficient (Wildman–Crippen LogP) is 5.08. The highest BCUT2D eigenvalue weighted by Gasteiger charge is 2.41. The fraction of sp³-hybridized carbons (Fsp3) is 0.500. The van der Waals surface area contributed by atoms with E-state index in [1.54, 1.807) is 6.07 Å². The zero-order valence-electron chi connectivity index (χ0n) is 19.0. The van der Waals surface area contributed by atoms with E-state index in [2.05, 4.69) is 24.1 Å². The number of rotatable bonds is 3. The number of fused-ring (bicyclic) bond motifs is 4. The van der Waals surface area contributed by atoms with Crippen molar-refractivity contribution in [2.24, 2.45) is 11.3 Å². The van der Waals surface area contributed by atoms with Crippen LogP contribution in [-0.4, -0.2) is 43.3 Å². The van der Waals surface area contributed by atoms with Crippen molar-refractivity contribution in [3.8, 4) is 16.9 Å². The minimum Gasteiger partial charge on any atom is -0.493 e. The quantitative estimate of drug-likeness (QED) is 0.726. The number of aryl methyl sites for hydroxylation is 1. The van der Waals surface area contributed by atoms with Gasteiger partial charge in [-0.25, -0.2) is 9.18 Å². The molecule has 2 bridgehead atoms. The molecule has 1 amide bonds. The van der Waals surface area contributed by atoms with Crippen molar-refractivity contribution in [2.45, 2.75) is 45.8 Å². The summed E-state index contributed by atoms with van der Waals surface area (Å²) >= 11 is 0. The van der Waals surface area contributed by atoms with Crippen molar-refractivity contribution in [3.63, 3.8) is 0 Å². The SMILES string of the molecule is Cc1ccc(-c2ccc3c(c2)OCC(C)(C)C3NC(=O)O[C@H]2CN3CCC2CC3)c(F)c1. The molecule has 4 heterocycles. The molecular weight excluding hydrogens is 407 g/mol. The van der Waals surface area contributed by atoms with Crippen molar-refractivity contribution in [2.75, 3.05) is 26.2 Å². The molecule has 3 fully saturated rings. The van der Waals surface area contributed by atoms with E-state index in [1.165, 1.54) is 6.07 Å². The minimum atomic E-state index is -0.372. The smallest absolute Gasteiger partial charge is 0.407 e. The predicted molar refractivity (Wildman–Crippen MR) is 121 cm³/mol. The van der Waals surface area contributed by atoms with Crippen molar-refractivity contribution in [1.29, 1.82) is 0 Å². The third-order valence-corrected chi connectivity index (χ3v) is 7.26. The van der Waals surface area contributed by atoms with Crippen molar-refractivity contribution < 1.29 is 18.7 Å². The van der Waals surface area contributed by atoms with Crippen LogP contribution in [0.15, 0.2) is 36.4 Å². The maximum atomic E-state index is 14.5. The van der Waals surface area contributed by atoms with Gasteiger partial charge in [-0.05, 0) is 62.0 Å². The molecule has 3 saturated heterocycles. The molecule has 0 radical (unpaired) electrons. The number of nitrogens with zero attached hydrogens (tertiary/aromatic N) is 1. The lowest BCUT2D eigenvalue weighted by molar-refractivity contribution is -0.0361. The lowest BCUT2D eigenvalue weighted by atomic mass is 9.78. The van der Waals surface area contributed by atoms with Gasteiger partial charge in [-0.3, -0.25) is 4.90 Å². The van der Waals surface area contributed by atoms with Crippen LogP contribution < -0.4 is 10.1 Å². The molecule has 2 aromatic carbocycles. The fourth-order valence-electron chi connectivity index (χ4n) is 5.29. The number of alkyl carbamates (subject to hydrolysis) is 1. The van der Waals surface area contributed by atoms with Crippen LogP contribution in [0.3, 0.4) is 0 Å². The Labute approximate surface area is 188 Å². The molecule has 1 N–H and O–H groups in total. The number of benzene rings is 2. The fourth-order valence-corrected chi connectivity index (χ4v) is 5.29. The van der Waals surface area contributed by atoms with E-state index in [9.17, 15) is 9.18 Å². The molecule has 32 heavy (non-hydrogen) atoms. The molecule has 170 valence electrons. The van der Waals surface area contributed by atoms with Crippen LogP contribution in [0.5, 0.6) is 5.75 Å². The Balaban J connectivity index is 1.36. The van der Waals surface area contributed by atoms with E-state index in [1.807, 2.05) is 31.2 Å². The summed E-state index contributed by atoms with van der Waals surface area (Å²) in [5.41, 5.74) is 2.77. The first-order chi connectivity index (χ1) is 15.3. The number of carbonyl (C=O) groups excluding carboxylic acids is 1. The van der Waals surface area contributed by atoms with Gasteiger partial charge in [-0.2, -0.15) is 0 Å². The monoisotopic (exact) mass is 438 g/mol. The molecule has 1 unspecified atom stereocenters. The Bertz CT molecular complexity index is 1030. The first kappa shape index (κ1) is 21.3. The highest BCUT2D eigenvalue weighted by molar-refractivity contribution is 5.70. The number of hydrogen-bond donors (Lipinski definition) is 1. The van der Waals surface area contributed by atoms with Gasteiger partial charge in [0.05, 0.1) is 12.6 Å². The molecule has 2 aromatic rings. The molecular formula is C26H31FN2O3. The van der Waals surface area contributed by atoms with E-state index in [0.717, 1.165) is 49.2 Å². The van der Waals surface area contributed by atoms with Crippen LogP contribution in [0, 0.1) is 24.1 Å². The van der Waals surface area contributed by atoms with E-state index in [4.69, 9.17) is 9.47 Å². The van der Waals surface area contributed by atoms with Gasteiger partial charge in [0.1, 0.15) is 17.7 Å². The number of ether oxygens (including phenoxy) is 2. The summed E-state index contributed by atoms with van der Waals surface area (Å²) in [5, 5.41) is 3.12. The first-order valence-corrected chi connectivity index (χ1v) is 11.5. The molecule has 6 heteroatoms. The summed E-state index contributed by atoms with van der Waals surface area (Å²) in [6.07, 6.45) is 1.79. The van der Waals surface area contributed by atoms with Crippen LogP contribution in [0.25, 0.3) is 11.1 Å². The van der Waals surface area contributed by atoms with Crippen LogP contribution >= 0.6 is 0 Å². The van der Waals surface area contributed by atoms with Gasteiger partial charge in [0, 0.05) is 23.1 Å². The van der Waals surface area contributed by atoms with Gasteiger partial charge in [0.15, 0.2) is 0 Å². The van der Waals surface area contributed by atoms with E-state index < -0.39 is 0 Å². The number of piperidine rings is 3. The third-order valence-electron chi connectivity index (χ3n) is 7.26. The minimum absolute atomic E-state index is 0.0354. The van der Waals surface area contributed by atoms with Crippen molar-refractivity contribution in [3.05, 3.63) is 53.3 Å². The lowest BCUT2D eigenvalue weighted by Crippen LogP contribution is -2.53. The Kier molecular flexibility index (Phi) is 5.36. The summed E-state index contributed by atoms with van der Waals surface area (Å²) in [4.78, 5) is 15.2. The number of carbonyl (C=O) groups is 1. The zero-order chi connectivity index (χ0) is 22.5. The molecule has 4 aliphatic heterocycles. The van der Waals surface area contributed by atoms with Crippen LogP contribution in [0.2, 0.25) is 0 Å². The Morgan fingerprint density at radius 2 is 1.97 bits per heavy atom. The van der Waals surface area contributed by atoms with Gasteiger partial charge >= 0.3 is 6.09 Å². The zero-order valence-corrected chi connectivity index (χ0v) is 19.0. The molecule has 2 atom stereocenters. The van der Waals surface area contributed by atoms with Crippen LogP contribution in [0.1, 0.15) is 43.9 Å². The number of nitrogens with one attached hydrogen (secondary N) is 1. The Morgan fingerprint density at radius 1 is 1.19 bits per heavy atom. The van der Waals surface area contributed by atoms with E-state index in [0.29, 0.717) is 23.8 Å². The molecule has 0 saturated carbocycles. The maximum absolute atomic E-state index is 14.5. The topological polar surface area (TPSA) is 50.8 Å². The third kappa shape index (κ3) is 3.96. The van der Waals surface area contributed by atoms with E-state index >= 15 is 0 Å². The largest absolute Gasteiger partial charge is 0.493 e. The van der Waals surface area contributed by atoms with Gasteiger partial charge in [0.25, 0.3) is 0 Å². The van der Waals surface area contributed by atoms with Gasteiger partial charge in [-0.1, -0.05) is 38.1 Å². The highest BCUT2D eigenvalue weighted by atomic mass is 19.1. The molecule has 4 aliphatic rings. The summed E-state index contributed by atoms with van der Waals surface area (Å²) in [7, 11) is 0. The second-order valence-corrected chi connectivity index (χ2v) is 10.2. The van der Waals surface area contributed by atoms with E-state index in [-0.39, 0.29) is 29.5 Å². The van der Waals surface area contributed by atoms with Crippen LogP contribution in [-0.2, 0) is 4.74 Å². The molecule has 0 aromatic heterocycles. The Morgan fingerprint density at radius 3 is 2.66 bits per heavy atom.